The summed E-state index contributed by atoms with van der Waals surface area (Å²) in [7, 11) is 0. The fourth-order valence-electron chi connectivity index (χ4n) is 1.40. The molecule has 5 heteroatoms. The molecule has 1 amide bonds. The van der Waals surface area contributed by atoms with Gasteiger partial charge in [-0.25, -0.2) is 4.39 Å². The van der Waals surface area contributed by atoms with Crippen molar-refractivity contribution in [3.63, 3.8) is 0 Å². The van der Waals surface area contributed by atoms with Crippen LogP contribution in [0.1, 0.15) is 18.9 Å². The Kier molecular flexibility index (Phi) is 4.25. The molecule has 0 heterocycles. The van der Waals surface area contributed by atoms with Gasteiger partial charge in [-0.1, -0.05) is 0 Å². The minimum absolute atomic E-state index is 0.0806. The minimum atomic E-state index is -0.487. The fraction of sp³-hybridized carbons (Fsp3) is 0.364. The van der Waals surface area contributed by atoms with Crippen LogP contribution in [0.4, 0.5) is 4.39 Å². The normalized spacial score (nSPS) is 12.4. The van der Waals surface area contributed by atoms with Crippen LogP contribution in [0, 0.1) is 5.82 Å². The highest BCUT2D eigenvalue weighted by molar-refractivity contribution is 5.74. The Morgan fingerprint density at radius 3 is 2.81 bits per heavy atom. The van der Waals surface area contributed by atoms with Gasteiger partial charge >= 0.3 is 0 Å². The largest absolute Gasteiger partial charge is 0.508 e. The maximum atomic E-state index is 12.9. The van der Waals surface area contributed by atoms with Gasteiger partial charge in [0, 0.05) is 25.1 Å². The molecular weight excluding hydrogens is 211 g/mol. The lowest BCUT2D eigenvalue weighted by atomic mass is 10.1. The van der Waals surface area contributed by atoms with Gasteiger partial charge in [-0.2, -0.15) is 0 Å². The number of rotatable bonds is 5. The molecule has 1 atom stereocenters. The number of carbonyl (C=O) groups excluding carboxylic acids is 1. The summed E-state index contributed by atoms with van der Waals surface area (Å²) in [6.07, 6.45) is 0.224. The first-order valence-corrected chi connectivity index (χ1v) is 4.97. The average molecular weight is 226 g/mol. The molecule has 0 fully saturated rings. The molecule has 1 aromatic rings. The van der Waals surface area contributed by atoms with Crippen molar-refractivity contribution in [2.75, 3.05) is 0 Å². The summed E-state index contributed by atoms with van der Waals surface area (Å²) < 4.78 is 12.9. The number of halogens is 1. The lowest BCUT2D eigenvalue weighted by molar-refractivity contribution is -0.118. The van der Waals surface area contributed by atoms with Crippen molar-refractivity contribution in [1.29, 1.82) is 0 Å². The maximum Gasteiger partial charge on any atom is 0.218 e. The molecule has 0 aliphatic carbocycles. The molecule has 4 N–H and O–H groups in total. The van der Waals surface area contributed by atoms with Crippen LogP contribution in [-0.4, -0.2) is 17.1 Å². The number of carbonyl (C=O) groups is 1. The van der Waals surface area contributed by atoms with Crippen LogP contribution in [0.3, 0.4) is 0 Å². The summed E-state index contributed by atoms with van der Waals surface area (Å²) in [5.41, 5.74) is 5.65. The standard InChI is InChI=1S/C11H15FN2O2/c1-7(2-11(13)16)14-6-8-3-9(12)5-10(15)4-8/h3-5,7,14-15H,2,6H2,1H3,(H2,13,16). The second-order valence-corrected chi connectivity index (χ2v) is 3.77. The first kappa shape index (κ1) is 12.4. The third-order valence-electron chi connectivity index (χ3n) is 2.10. The molecule has 0 aliphatic rings. The lowest BCUT2D eigenvalue weighted by Crippen LogP contribution is -2.30. The van der Waals surface area contributed by atoms with Crippen molar-refractivity contribution in [3.05, 3.63) is 29.6 Å². The quantitative estimate of drug-likeness (QED) is 0.697. The van der Waals surface area contributed by atoms with Gasteiger partial charge in [-0.3, -0.25) is 4.79 Å². The second kappa shape index (κ2) is 5.46. The van der Waals surface area contributed by atoms with Gasteiger partial charge < -0.3 is 16.2 Å². The number of phenols is 1. The smallest absolute Gasteiger partial charge is 0.218 e. The Bertz CT molecular complexity index is 362. The Labute approximate surface area is 93.3 Å². The van der Waals surface area contributed by atoms with Gasteiger partial charge in [0.05, 0.1) is 0 Å². The predicted molar refractivity (Wildman–Crippen MR) is 58.2 cm³/mol. The zero-order chi connectivity index (χ0) is 12.1. The summed E-state index contributed by atoms with van der Waals surface area (Å²) in [5.74, 6) is -0.985. The van der Waals surface area contributed by atoms with Crippen molar-refractivity contribution >= 4 is 5.91 Å². The number of hydrogen-bond donors (Lipinski definition) is 3. The van der Waals surface area contributed by atoms with Gasteiger partial charge in [0.15, 0.2) is 0 Å². The molecule has 0 radical (unpaired) electrons. The Morgan fingerprint density at radius 2 is 2.25 bits per heavy atom. The van der Waals surface area contributed by atoms with E-state index in [4.69, 9.17) is 10.8 Å². The number of aromatic hydroxyl groups is 1. The van der Waals surface area contributed by atoms with Crippen molar-refractivity contribution in [2.45, 2.75) is 25.9 Å². The first-order chi connectivity index (χ1) is 7.47. The van der Waals surface area contributed by atoms with E-state index in [0.29, 0.717) is 12.1 Å². The fourth-order valence-corrected chi connectivity index (χ4v) is 1.40. The molecule has 1 aromatic carbocycles. The first-order valence-electron chi connectivity index (χ1n) is 4.97. The lowest BCUT2D eigenvalue weighted by Gasteiger charge is -2.12. The zero-order valence-electron chi connectivity index (χ0n) is 9.03. The number of nitrogens with one attached hydrogen (secondary N) is 1. The Morgan fingerprint density at radius 1 is 1.56 bits per heavy atom. The molecule has 4 nitrogen and oxygen atoms in total. The van der Waals surface area contributed by atoms with E-state index in [1.165, 1.54) is 12.1 Å². The van der Waals surface area contributed by atoms with Crippen molar-refractivity contribution in [1.82, 2.24) is 5.32 Å². The molecule has 0 aliphatic heterocycles. The monoisotopic (exact) mass is 226 g/mol. The van der Waals surface area contributed by atoms with Gasteiger partial charge in [-0.15, -0.1) is 0 Å². The summed E-state index contributed by atoms with van der Waals surface area (Å²) in [5, 5.41) is 12.2. The van der Waals surface area contributed by atoms with E-state index < -0.39 is 5.82 Å². The molecule has 1 unspecified atom stereocenters. The van der Waals surface area contributed by atoms with Gasteiger partial charge in [0.1, 0.15) is 11.6 Å². The van der Waals surface area contributed by atoms with E-state index in [1.807, 2.05) is 6.92 Å². The van der Waals surface area contributed by atoms with E-state index in [2.05, 4.69) is 5.32 Å². The van der Waals surface area contributed by atoms with Crippen LogP contribution in [0.2, 0.25) is 0 Å². The molecule has 0 spiro atoms. The molecule has 88 valence electrons. The summed E-state index contributed by atoms with van der Waals surface area (Å²) in [4.78, 5) is 10.6. The number of phenolic OH excluding ortho intramolecular Hbond substituents is 1. The van der Waals surface area contributed by atoms with Crippen molar-refractivity contribution in [3.8, 4) is 5.75 Å². The summed E-state index contributed by atoms with van der Waals surface area (Å²) >= 11 is 0. The molecule has 0 aromatic heterocycles. The number of nitrogens with two attached hydrogens (primary N) is 1. The van der Waals surface area contributed by atoms with Crippen molar-refractivity contribution in [2.24, 2.45) is 5.73 Å². The molecule has 1 rings (SSSR count). The highest BCUT2D eigenvalue weighted by Gasteiger charge is 2.06. The van der Waals surface area contributed by atoms with Crippen molar-refractivity contribution < 1.29 is 14.3 Å². The Hall–Kier alpha value is -1.62. The van der Waals surface area contributed by atoms with E-state index in [9.17, 15) is 9.18 Å². The van der Waals surface area contributed by atoms with Crippen LogP contribution >= 0.6 is 0 Å². The highest BCUT2D eigenvalue weighted by Crippen LogP contribution is 2.14. The van der Waals surface area contributed by atoms with Gasteiger partial charge in [0.2, 0.25) is 5.91 Å². The molecule has 0 bridgehead atoms. The molecule has 0 saturated carbocycles. The topological polar surface area (TPSA) is 75.4 Å². The van der Waals surface area contributed by atoms with Crippen LogP contribution in [-0.2, 0) is 11.3 Å². The van der Waals surface area contributed by atoms with Gasteiger partial charge in [-0.05, 0) is 24.6 Å². The summed E-state index contributed by atoms with van der Waals surface area (Å²) in [6.45, 7) is 2.18. The predicted octanol–water partition coefficient (Wildman–Crippen LogP) is 0.885. The SMILES string of the molecule is CC(CC(N)=O)NCc1cc(O)cc(F)c1. The minimum Gasteiger partial charge on any atom is -0.508 e. The van der Waals surface area contributed by atoms with E-state index in [1.54, 1.807) is 0 Å². The third kappa shape index (κ3) is 4.27. The van der Waals surface area contributed by atoms with Gasteiger partial charge in [0.25, 0.3) is 0 Å². The number of amides is 1. The average Bonchev–Trinajstić information content (AvgIpc) is 2.12. The van der Waals surface area contributed by atoms with E-state index >= 15 is 0 Å². The van der Waals surface area contributed by atoms with Crippen LogP contribution in [0.25, 0.3) is 0 Å². The van der Waals surface area contributed by atoms with Crippen LogP contribution in [0.15, 0.2) is 18.2 Å². The Balaban J connectivity index is 2.51. The number of benzene rings is 1. The molecule has 0 saturated heterocycles. The number of primary amides is 1. The van der Waals surface area contributed by atoms with Crippen LogP contribution in [0.5, 0.6) is 5.75 Å². The van der Waals surface area contributed by atoms with E-state index in [-0.39, 0.29) is 24.1 Å². The summed E-state index contributed by atoms with van der Waals surface area (Å²) in [6, 6.07) is 3.75. The number of hydrogen-bond acceptors (Lipinski definition) is 3. The molecule has 16 heavy (non-hydrogen) atoms. The highest BCUT2D eigenvalue weighted by atomic mass is 19.1. The molecular formula is C11H15FN2O2. The van der Waals surface area contributed by atoms with Crippen LogP contribution < -0.4 is 11.1 Å². The zero-order valence-corrected chi connectivity index (χ0v) is 9.03. The maximum absolute atomic E-state index is 12.9. The second-order valence-electron chi connectivity index (χ2n) is 3.77. The van der Waals surface area contributed by atoms with E-state index in [0.717, 1.165) is 6.07 Å². The third-order valence-corrected chi connectivity index (χ3v) is 2.10.